The zero-order valence-corrected chi connectivity index (χ0v) is 9.47. The molecule has 1 fully saturated rings. The van der Waals surface area contributed by atoms with E-state index in [1.807, 2.05) is 0 Å². The monoisotopic (exact) mass is 201 g/mol. The van der Waals surface area contributed by atoms with Gasteiger partial charge in [0.15, 0.2) is 0 Å². The molecule has 1 N–H and O–H groups in total. The quantitative estimate of drug-likeness (QED) is 0.776. The van der Waals surface area contributed by atoms with E-state index in [1.54, 1.807) is 16.7 Å². The minimum Gasteiger partial charge on any atom is -0.307 e. The predicted molar refractivity (Wildman–Crippen MR) is 63.1 cm³/mol. The standard InChI is InChI=1S/C14H19N/c1-2-4-11-5-3-6-13-12(11)7-10-15-14(13)8-9-14/h3,5-6,15H,2,4,7-10H2,1H3. The van der Waals surface area contributed by atoms with E-state index in [2.05, 4.69) is 30.4 Å². The molecule has 1 heteroatoms. The van der Waals surface area contributed by atoms with E-state index in [0.29, 0.717) is 5.54 Å². The van der Waals surface area contributed by atoms with Crippen molar-refractivity contribution in [1.82, 2.24) is 5.32 Å². The number of hydrogen-bond acceptors (Lipinski definition) is 1. The Hall–Kier alpha value is -0.820. The van der Waals surface area contributed by atoms with Crippen LogP contribution in [0.2, 0.25) is 0 Å². The molecule has 0 amide bonds. The first-order valence-corrected chi connectivity index (χ1v) is 6.22. The summed E-state index contributed by atoms with van der Waals surface area (Å²) in [5, 5.41) is 3.69. The van der Waals surface area contributed by atoms with Gasteiger partial charge in [-0.15, -0.1) is 0 Å². The average Bonchev–Trinajstić information content (AvgIpc) is 3.01. The van der Waals surface area contributed by atoms with Gasteiger partial charge in [-0.3, -0.25) is 0 Å². The summed E-state index contributed by atoms with van der Waals surface area (Å²) in [6.07, 6.45) is 6.43. The summed E-state index contributed by atoms with van der Waals surface area (Å²) < 4.78 is 0. The highest BCUT2D eigenvalue weighted by Gasteiger charge is 2.46. The van der Waals surface area contributed by atoms with Gasteiger partial charge in [0.2, 0.25) is 0 Å². The lowest BCUT2D eigenvalue weighted by Crippen LogP contribution is -2.36. The average molecular weight is 201 g/mol. The summed E-state index contributed by atoms with van der Waals surface area (Å²) in [5.41, 5.74) is 5.27. The van der Waals surface area contributed by atoms with Gasteiger partial charge in [0.1, 0.15) is 0 Å². The van der Waals surface area contributed by atoms with Crippen molar-refractivity contribution in [2.24, 2.45) is 0 Å². The van der Waals surface area contributed by atoms with E-state index >= 15 is 0 Å². The third-order valence-electron chi connectivity index (χ3n) is 3.90. The van der Waals surface area contributed by atoms with Crippen molar-refractivity contribution < 1.29 is 0 Å². The van der Waals surface area contributed by atoms with Gasteiger partial charge in [-0.1, -0.05) is 31.5 Å². The van der Waals surface area contributed by atoms with Gasteiger partial charge in [-0.2, -0.15) is 0 Å². The summed E-state index contributed by atoms with van der Waals surface area (Å²) in [4.78, 5) is 0. The van der Waals surface area contributed by atoms with E-state index < -0.39 is 0 Å². The maximum atomic E-state index is 3.69. The molecule has 2 aliphatic rings. The van der Waals surface area contributed by atoms with Gasteiger partial charge in [0.05, 0.1) is 0 Å². The Labute approximate surface area is 91.9 Å². The molecule has 1 spiro atoms. The fourth-order valence-corrected chi connectivity index (χ4v) is 2.97. The van der Waals surface area contributed by atoms with Crippen molar-refractivity contribution in [1.29, 1.82) is 0 Å². The molecule has 0 aromatic heterocycles. The third kappa shape index (κ3) is 1.41. The van der Waals surface area contributed by atoms with E-state index in [0.717, 1.165) is 0 Å². The van der Waals surface area contributed by atoms with E-state index in [-0.39, 0.29) is 0 Å². The first-order chi connectivity index (χ1) is 7.36. The molecule has 0 radical (unpaired) electrons. The molecule has 0 bridgehead atoms. The number of rotatable bonds is 2. The third-order valence-corrected chi connectivity index (χ3v) is 3.90. The molecule has 1 aromatic rings. The molecule has 0 saturated heterocycles. The zero-order chi connectivity index (χ0) is 10.3. The Morgan fingerprint density at radius 3 is 2.93 bits per heavy atom. The molecule has 1 aliphatic carbocycles. The lowest BCUT2D eigenvalue weighted by atomic mass is 9.87. The van der Waals surface area contributed by atoms with Crippen LogP contribution in [0, 0.1) is 0 Å². The Morgan fingerprint density at radius 2 is 2.20 bits per heavy atom. The molecule has 0 unspecified atom stereocenters. The van der Waals surface area contributed by atoms with Gasteiger partial charge < -0.3 is 5.32 Å². The van der Waals surface area contributed by atoms with Crippen LogP contribution in [0.15, 0.2) is 18.2 Å². The molecular weight excluding hydrogens is 182 g/mol. The smallest absolute Gasteiger partial charge is 0.0439 e. The minimum atomic E-state index is 0.400. The lowest BCUT2D eigenvalue weighted by molar-refractivity contribution is 0.487. The molecule has 1 aromatic carbocycles. The van der Waals surface area contributed by atoms with Crippen molar-refractivity contribution in [3.63, 3.8) is 0 Å². The molecule has 80 valence electrons. The van der Waals surface area contributed by atoms with E-state index in [4.69, 9.17) is 0 Å². The largest absolute Gasteiger partial charge is 0.307 e. The van der Waals surface area contributed by atoms with Gasteiger partial charge in [-0.05, 0) is 42.4 Å². The molecule has 1 saturated carbocycles. The van der Waals surface area contributed by atoms with Crippen LogP contribution in [0.1, 0.15) is 42.9 Å². The number of hydrogen-bond donors (Lipinski definition) is 1. The fourth-order valence-electron chi connectivity index (χ4n) is 2.97. The van der Waals surface area contributed by atoms with Crippen LogP contribution in [0.5, 0.6) is 0 Å². The highest BCUT2D eigenvalue weighted by atomic mass is 15.0. The maximum absolute atomic E-state index is 3.69. The number of benzene rings is 1. The Balaban J connectivity index is 2.06. The van der Waals surface area contributed by atoms with Gasteiger partial charge in [0.25, 0.3) is 0 Å². The van der Waals surface area contributed by atoms with Gasteiger partial charge in [-0.25, -0.2) is 0 Å². The van der Waals surface area contributed by atoms with Crippen LogP contribution in [-0.4, -0.2) is 6.54 Å². The number of fused-ring (bicyclic) bond motifs is 2. The maximum Gasteiger partial charge on any atom is 0.0439 e. The van der Waals surface area contributed by atoms with Crippen LogP contribution >= 0.6 is 0 Å². The summed E-state index contributed by atoms with van der Waals surface area (Å²) >= 11 is 0. The normalized spacial score (nSPS) is 21.4. The summed E-state index contributed by atoms with van der Waals surface area (Å²) in [5.74, 6) is 0. The summed E-state index contributed by atoms with van der Waals surface area (Å²) in [7, 11) is 0. The Kier molecular flexibility index (Phi) is 2.10. The highest BCUT2D eigenvalue weighted by Crippen LogP contribution is 2.49. The number of nitrogens with one attached hydrogen (secondary N) is 1. The molecule has 1 nitrogen and oxygen atoms in total. The predicted octanol–water partition coefficient (Wildman–Crippen LogP) is 2.77. The van der Waals surface area contributed by atoms with Crippen molar-refractivity contribution in [2.75, 3.05) is 6.54 Å². The highest BCUT2D eigenvalue weighted by molar-refractivity contribution is 5.44. The van der Waals surface area contributed by atoms with E-state index in [1.165, 1.54) is 38.6 Å². The summed E-state index contributed by atoms with van der Waals surface area (Å²) in [6, 6.07) is 6.91. The fraction of sp³-hybridized carbons (Fsp3) is 0.571. The van der Waals surface area contributed by atoms with Crippen LogP contribution < -0.4 is 5.32 Å². The van der Waals surface area contributed by atoms with Gasteiger partial charge in [0, 0.05) is 12.1 Å². The SMILES string of the molecule is CCCc1cccc2c1CCNC21CC1. The van der Waals surface area contributed by atoms with Crippen LogP contribution in [0.3, 0.4) is 0 Å². The van der Waals surface area contributed by atoms with Gasteiger partial charge >= 0.3 is 0 Å². The van der Waals surface area contributed by atoms with Crippen LogP contribution in [0.25, 0.3) is 0 Å². The second-order valence-electron chi connectivity index (χ2n) is 4.95. The van der Waals surface area contributed by atoms with Crippen molar-refractivity contribution in [2.45, 2.75) is 44.6 Å². The minimum absolute atomic E-state index is 0.400. The van der Waals surface area contributed by atoms with Crippen molar-refractivity contribution in [3.8, 4) is 0 Å². The Bertz CT molecular complexity index is 377. The second-order valence-corrected chi connectivity index (χ2v) is 4.95. The Morgan fingerprint density at radius 1 is 1.33 bits per heavy atom. The molecule has 15 heavy (non-hydrogen) atoms. The second kappa shape index (κ2) is 3.34. The number of aryl methyl sites for hydroxylation is 1. The zero-order valence-electron chi connectivity index (χ0n) is 9.47. The molecule has 3 rings (SSSR count). The van der Waals surface area contributed by atoms with Crippen LogP contribution in [-0.2, 0) is 18.4 Å². The van der Waals surface area contributed by atoms with Crippen LogP contribution in [0.4, 0.5) is 0 Å². The first kappa shape index (κ1) is 9.41. The topological polar surface area (TPSA) is 12.0 Å². The summed E-state index contributed by atoms with van der Waals surface area (Å²) in [6.45, 7) is 3.45. The first-order valence-electron chi connectivity index (χ1n) is 6.22. The molecular formula is C14H19N. The molecule has 1 heterocycles. The molecule has 1 aliphatic heterocycles. The molecule has 0 atom stereocenters. The van der Waals surface area contributed by atoms with Crippen molar-refractivity contribution >= 4 is 0 Å². The lowest BCUT2D eigenvalue weighted by Gasteiger charge is -2.28. The van der Waals surface area contributed by atoms with Crippen molar-refractivity contribution in [3.05, 3.63) is 34.9 Å². The van der Waals surface area contributed by atoms with E-state index in [9.17, 15) is 0 Å².